The molecule has 0 aliphatic carbocycles. The minimum absolute atomic E-state index is 0. The summed E-state index contributed by atoms with van der Waals surface area (Å²) in [5, 5.41) is 18.9. The number of aliphatic carboxylic acids is 2. The van der Waals surface area contributed by atoms with Crippen LogP contribution in [0.3, 0.4) is 0 Å². The maximum Gasteiger partial charge on any atom is 2.00 e. The van der Waals surface area contributed by atoms with Crippen LogP contribution in [0.1, 0.15) is 78.1 Å². The number of pyridine rings is 1. The molecule has 0 atom stereocenters. The normalized spacial score (nSPS) is 12.2. The van der Waals surface area contributed by atoms with Gasteiger partial charge in [-0.1, -0.05) is 72.3 Å². The van der Waals surface area contributed by atoms with Crippen molar-refractivity contribution in [1.82, 2.24) is 24.9 Å². The Morgan fingerprint density at radius 2 is 1.24 bits per heavy atom. The molecule has 0 saturated carbocycles. The summed E-state index contributed by atoms with van der Waals surface area (Å²) < 4.78 is 0. The predicted octanol–water partition coefficient (Wildman–Crippen LogP) is 7.84. The molecule has 0 amide bonds. The van der Waals surface area contributed by atoms with Gasteiger partial charge in [0.25, 0.3) is 0 Å². The number of hydrogen-bond donors (Lipinski definition) is 2. The summed E-state index contributed by atoms with van der Waals surface area (Å²) in [6.45, 7) is 15.9. The van der Waals surface area contributed by atoms with E-state index in [0.29, 0.717) is 40.8 Å². The van der Waals surface area contributed by atoms with E-state index >= 15 is 0 Å². The largest absolute Gasteiger partial charge is 2.00 e. The van der Waals surface area contributed by atoms with Crippen molar-refractivity contribution in [1.29, 1.82) is 0 Å². The molecule has 0 fully saturated rings. The summed E-state index contributed by atoms with van der Waals surface area (Å²) in [5.41, 5.74) is 12.6. The van der Waals surface area contributed by atoms with Crippen LogP contribution in [0.2, 0.25) is 0 Å². The third kappa shape index (κ3) is 7.88. The molecular formula is C39H37FeN5O4. The molecule has 9 nitrogen and oxygen atoms in total. The molecular weight excluding hydrogens is 658 g/mol. The molecule has 0 saturated heterocycles. The Bertz CT molecular complexity index is 2150. The molecule has 4 aromatic heterocycles. The molecule has 10 heteroatoms. The Kier molecular flexibility index (Phi) is 11.7. The van der Waals surface area contributed by atoms with Gasteiger partial charge in [-0.2, -0.15) is 0 Å². The van der Waals surface area contributed by atoms with Crippen molar-refractivity contribution >= 4 is 62.4 Å². The van der Waals surface area contributed by atoms with E-state index in [1.165, 1.54) is 0 Å². The molecule has 8 bridgehead atoms. The Labute approximate surface area is 295 Å². The minimum atomic E-state index is -0.898. The van der Waals surface area contributed by atoms with Crippen LogP contribution < -0.4 is 9.97 Å². The zero-order chi connectivity index (χ0) is 34.5. The van der Waals surface area contributed by atoms with Gasteiger partial charge >= 0.3 is 29.0 Å². The number of nitrogens with zero attached hydrogens (tertiary/aromatic N) is 5. The smallest absolute Gasteiger partial charge is 0.657 e. The van der Waals surface area contributed by atoms with Crippen LogP contribution in [0, 0.1) is 13.8 Å². The average Bonchev–Trinajstić information content (AvgIpc) is 3.72. The van der Waals surface area contributed by atoms with Crippen LogP contribution in [0.25, 0.3) is 50.4 Å². The molecule has 6 heterocycles. The molecule has 0 unspecified atom stereocenters. The number of aryl methyl sites for hydroxylation is 3. The van der Waals surface area contributed by atoms with E-state index in [9.17, 15) is 19.8 Å². The molecule has 6 rings (SSSR count). The van der Waals surface area contributed by atoms with Crippen molar-refractivity contribution in [2.24, 2.45) is 0 Å². The van der Waals surface area contributed by atoms with Gasteiger partial charge in [-0.05, 0) is 75.0 Å². The Morgan fingerprint density at radius 3 is 1.84 bits per heavy atom. The zero-order valence-electron chi connectivity index (χ0n) is 27.9. The van der Waals surface area contributed by atoms with Crippen LogP contribution in [-0.2, 0) is 33.1 Å². The summed E-state index contributed by atoms with van der Waals surface area (Å²) in [6.07, 6.45) is 7.56. The maximum atomic E-state index is 11.5. The van der Waals surface area contributed by atoms with Gasteiger partial charge in [0, 0.05) is 30.8 Å². The fourth-order valence-electron chi connectivity index (χ4n) is 5.93. The van der Waals surface area contributed by atoms with Gasteiger partial charge < -0.3 is 20.2 Å². The van der Waals surface area contributed by atoms with Crippen LogP contribution in [-0.4, -0.2) is 37.1 Å². The van der Waals surface area contributed by atoms with E-state index in [1.54, 1.807) is 24.5 Å². The quantitative estimate of drug-likeness (QED) is 0.176. The van der Waals surface area contributed by atoms with Crippen molar-refractivity contribution in [3.05, 3.63) is 119 Å². The summed E-state index contributed by atoms with van der Waals surface area (Å²) in [6, 6.07) is 13.3. The maximum absolute atomic E-state index is 11.5. The Morgan fingerprint density at radius 1 is 0.694 bits per heavy atom. The third-order valence-electron chi connectivity index (χ3n) is 8.63. The van der Waals surface area contributed by atoms with Crippen molar-refractivity contribution in [3.63, 3.8) is 0 Å². The van der Waals surface area contributed by atoms with E-state index in [-0.39, 0.29) is 29.9 Å². The van der Waals surface area contributed by atoms with Crippen LogP contribution in [0.15, 0.2) is 74.1 Å². The van der Waals surface area contributed by atoms with Gasteiger partial charge in [-0.25, -0.2) is 9.97 Å². The first-order chi connectivity index (χ1) is 23.0. The van der Waals surface area contributed by atoms with Gasteiger partial charge in [0.2, 0.25) is 0 Å². The number of carboxylic acid groups (broad SMARTS) is 2. The van der Waals surface area contributed by atoms with Crippen molar-refractivity contribution in [2.45, 2.75) is 53.4 Å². The number of carboxylic acids is 2. The van der Waals surface area contributed by atoms with E-state index < -0.39 is 11.9 Å². The number of rotatable bonds is 8. The SMILES string of the molecule is C=CC1=C(C)c2cc3[n-]c(cc4nc(cc5[n-]c(cc1n2)c(C)c5C=C)C(C)=C4CCC(=O)O)c(CCC(=O)O)c3C.[Fe+2].c1ccncc1. The van der Waals surface area contributed by atoms with Crippen molar-refractivity contribution in [3.8, 4) is 0 Å². The van der Waals surface area contributed by atoms with Crippen molar-refractivity contribution < 1.29 is 36.9 Å². The summed E-state index contributed by atoms with van der Waals surface area (Å²) in [7, 11) is 0. The molecule has 0 aromatic carbocycles. The van der Waals surface area contributed by atoms with Crippen LogP contribution in [0.4, 0.5) is 0 Å². The second-order valence-corrected chi connectivity index (χ2v) is 11.6. The zero-order valence-corrected chi connectivity index (χ0v) is 29.0. The van der Waals surface area contributed by atoms with E-state index in [4.69, 9.17) is 19.9 Å². The first-order valence-corrected chi connectivity index (χ1v) is 15.6. The molecule has 2 aliphatic heterocycles. The van der Waals surface area contributed by atoms with Crippen molar-refractivity contribution in [2.75, 3.05) is 0 Å². The second-order valence-electron chi connectivity index (χ2n) is 11.6. The van der Waals surface area contributed by atoms with Gasteiger partial charge in [-0.3, -0.25) is 14.6 Å². The average molecular weight is 696 g/mol. The topological polar surface area (TPSA) is 141 Å². The first kappa shape index (κ1) is 36.5. The predicted molar refractivity (Wildman–Crippen MR) is 191 cm³/mol. The number of carbonyl (C=O) groups is 2. The molecule has 0 radical (unpaired) electrons. The monoisotopic (exact) mass is 695 g/mol. The molecule has 49 heavy (non-hydrogen) atoms. The number of hydrogen-bond acceptors (Lipinski definition) is 5. The minimum Gasteiger partial charge on any atom is -0.657 e. The van der Waals surface area contributed by atoms with Gasteiger partial charge in [0.15, 0.2) is 0 Å². The van der Waals surface area contributed by atoms with E-state index in [1.807, 2.05) is 70.2 Å². The fraction of sp³-hybridized carbons (Fsp3) is 0.205. The summed E-state index contributed by atoms with van der Waals surface area (Å²) in [5.74, 6) is -1.80. The standard InChI is InChI=1S/C34H34N4O4.C5H5N.Fe/c1-7-21-17(3)25-13-26-19(5)23(9-11-33(39)40)31(37-26)16-32-24(10-12-34(41)42)20(6)28(38-32)15-30-22(8-2)18(4)27(36-30)14-29(21)35-25;1-2-4-6-5-3-1;/h7-8,13-16H,1-2,9-12H2,3-6H3,(H4,35,36,37,38,39,40,41,42);1-5H;/q;;+2/p-2. The van der Waals surface area contributed by atoms with Crippen LogP contribution in [0.5, 0.6) is 0 Å². The number of fused-ring (bicyclic) bond motifs is 8. The Balaban J connectivity index is 0.000000698. The molecule has 2 aliphatic rings. The van der Waals surface area contributed by atoms with E-state index in [0.717, 1.165) is 61.5 Å². The molecule has 0 spiro atoms. The van der Waals surface area contributed by atoms with Gasteiger partial charge in [0.05, 0.1) is 22.8 Å². The van der Waals surface area contributed by atoms with Gasteiger partial charge in [0.1, 0.15) is 0 Å². The van der Waals surface area contributed by atoms with Gasteiger partial charge in [-0.15, -0.1) is 22.1 Å². The Hall–Kier alpha value is -5.31. The number of aromatic nitrogens is 5. The summed E-state index contributed by atoms with van der Waals surface area (Å²) >= 11 is 0. The first-order valence-electron chi connectivity index (χ1n) is 15.6. The van der Waals surface area contributed by atoms with E-state index in [2.05, 4.69) is 18.1 Å². The third-order valence-corrected chi connectivity index (χ3v) is 8.63. The second kappa shape index (κ2) is 15.7. The molecule has 4 aromatic rings. The molecule has 2 N–H and O–H groups in total. The summed E-state index contributed by atoms with van der Waals surface area (Å²) in [4.78, 5) is 46.5. The van der Waals surface area contributed by atoms with Crippen LogP contribution >= 0.6 is 0 Å². The fourth-order valence-corrected chi connectivity index (χ4v) is 5.93. The molecule has 250 valence electrons. The number of allylic oxidation sites excluding steroid dienone is 5.